The van der Waals surface area contributed by atoms with Gasteiger partial charge >= 0.3 is 0 Å². The Kier molecular flexibility index (Phi) is 6.67. The smallest absolute Gasteiger partial charge is 0.108 e. The van der Waals surface area contributed by atoms with Crippen LogP contribution in [-0.2, 0) is 4.74 Å². The van der Waals surface area contributed by atoms with Crippen molar-refractivity contribution in [1.29, 1.82) is 0 Å². The Bertz CT molecular complexity index is 514. The quantitative estimate of drug-likeness (QED) is 0.719. The van der Waals surface area contributed by atoms with E-state index in [1.807, 2.05) is 49.4 Å². The molecule has 19 heavy (non-hydrogen) atoms. The summed E-state index contributed by atoms with van der Waals surface area (Å²) in [6.07, 6.45) is -0.106. The molecule has 0 saturated heterocycles. The largest absolute Gasteiger partial charge is 0.369 e. The summed E-state index contributed by atoms with van der Waals surface area (Å²) in [4.78, 5) is 0. The fourth-order valence-corrected chi connectivity index (χ4v) is 2.16. The van der Waals surface area contributed by atoms with Gasteiger partial charge in [0.05, 0.1) is 10.0 Å². The zero-order valence-corrected chi connectivity index (χ0v) is 12.8. The molecule has 2 aromatic rings. The minimum atomic E-state index is -0.106. The molecule has 1 nitrogen and oxygen atoms in total. The van der Waals surface area contributed by atoms with Crippen molar-refractivity contribution in [2.45, 2.75) is 13.0 Å². The van der Waals surface area contributed by atoms with Crippen molar-refractivity contribution in [3.8, 4) is 0 Å². The molecule has 0 radical (unpaired) electrons. The molecule has 0 saturated carbocycles. The van der Waals surface area contributed by atoms with Crippen LogP contribution in [0.25, 0.3) is 0 Å². The van der Waals surface area contributed by atoms with Crippen LogP contribution in [0.15, 0.2) is 48.5 Å². The van der Waals surface area contributed by atoms with E-state index in [1.54, 1.807) is 6.07 Å². The first-order valence-electron chi connectivity index (χ1n) is 5.84. The van der Waals surface area contributed by atoms with Crippen molar-refractivity contribution in [3.05, 3.63) is 69.7 Å². The lowest BCUT2D eigenvalue weighted by atomic mass is 10.0. The number of hydrogen-bond donors (Lipinski definition) is 0. The Hall–Kier alpha value is -0.730. The molecular formula is C15H15Cl3O. The van der Waals surface area contributed by atoms with Gasteiger partial charge < -0.3 is 4.74 Å². The minimum absolute atomic E-state index is 0. The third-order valence-corrected chi connectivity index (χ3v) is 3.42. The van der Waals surface area contributed by atoms with Crippen LogP contribution in [0.3, 0.4) is 0 Å². The molecule has 0 N–H and O–H groups in total. The van der Waals surface area contributed by atoms with Crippen molar-refractivity contribution >= 4 is 35.6 Å². The molecule has 0 aromatic heterocycles. The summed E-state index contributed by atoms with van der Waals surface area (Å²) in [7, 11) is 0. The first-order chi connectivity index (χ1) is 8.72. The van der Waals surface area contributed by atoms with Gasteiger partial charge in [-0.25, -0.2) is 0 Å². The van der Waals surface area contributed by atoms with Gasteiger partial charge in [-0.3, -0.25) is 0 Å². The van der Waals surface area contributed by atoms with Gasteiger partial charge in [0.15, 0.2) is 0 Å². The molecule has 0 amide bonds. The third kappa shape index (κ3) is 4.12. The second-order valence-corrected chi connectivity index (χ2v) is 4.73. The van der Waals surface area contributed by atoms with E-state index < -0.39 is 0 Å². The Morgan fingerprint density at radius 2 is 1.63 bits per heavy atom. The fourth-order valence-electron chi connectivity index (χ4n) is 1.85. The standard InChI is InChI=1S/C15H14Cl2O.ClH/c1-2-18-15(11-6-4-3-5-7-11)12-8-9-13(16)14(17)10-12;/h3-10,15H,2H2,1H3;1H. The Labute approximate surface area is 129 Å². The molecule has 1 atom stereocenters. The van der Waals surface area contributed by atoms with Gasteiger partial charge in [-0.2, -0.15) is 0 Å². The second-order valence-electron chi connectivity index (χ2n) is 3.92. The summed E-state index contributed by atoms with van der Waals surface area (Å²) in [6, 6.07) is 15.7. The molecule has 1 unspecified atom stereocenters. The van der Waals surface area contributed by atoms with Crippen molar-refractivity contribution in [2.75, 3.05) is 6.61 Å². The van der Waals surface area contributed by atoms with Gasteiger partial charge in [-0.05, 0) is 30.2 Å². The number of ether oxygens (including phenoxy) is 1. The highest BCUT2D eigenvalue weighted by atomic mass is 35.5. The Morgan fingerprint density at radius 1 is 0.947 bits per heavy atom. The zero-order valence-electron chi connectivity index (χ0n) is 10.5. The molecule has 0 spiro atoms. The van der Waals surface area contributed by atoms with Crippen molar-refractivity contribution in [3.63, 3.8) is 0 Å². The van der Waals surface area contributed by atoms with E-state index in [4.69, 9.17) is 27.9 Å². The number of halogens is 3. The van der Waals surface area contributed by atoms with E-state index >= 15 is 0 Å². The van der Waals surface area contributed by atoms with Crippen LogP contribution in [0.5, 0.6) is 0 Å². The summed E-state index contributed by atoms with van der Waals surface area (Å²) in [5.74, 6) is 0. The number of hydrogen-bond acceptors (Lipinski definition) is 1. The van der Waals surface area contributed by atoms with Crippen LogP contribution >= 0.6 is 35.6 Å². The number of rotatable bonds is 4. The predicted octanol–water partition coefficient (Wildman–Crippen LogP) is 5.54. The molecule has 4 heteroatoms. The Balaban J connectivity index is 0.00000180. The molecule has 0 aliphatic rings. The SMILES string of the molecule is CCOC(c1ccccc1)c1ccc(Cl)c(Cl)c1.Cl. The first kappa shape index (κ1) is 16.3. The molecule has 2 aromatic carbocycles. The second kappa shape index (κ2) is 7.76. The van der Waals surface area contributed by atoms with E-state index in [9.17, 15) is 0 Å². The van der Waals surface area contributed by atoms with Crippen LogP contribution in [0.4, 0.5) is 0 Å². The lowest BCUT2D eigenvalue weighted by Crippen LogP contribution is -2.06. The van der Waals surface area contributed by atoms with E-state index in [0.717, 1.165) is 11.1 Å². The van der Waals surface area contributed by atoms with Gasteiger partial charge in [-0.1, -0.05) is 59.6 Å². The molecule has 102 valence electrons. The average molecular weight is 318 g/mol. The van der Waals surface area contributed by atoms with Gasteiger partial charge in [0, 0.05) is 6.61 Å². The maximum atomic E-state index is 6.06. The minimum Gasteiger partial charge on any atom is -0.369 e. The topological polar surface area (TPSA) is 9.23 Å². The van der Waals surface area contributed by atoms with E-state index in [1.165, 1.54) is 0 Å². The van der Waals surface area contributed by atoms with E-state index in [-0.39, 0.29) is 18.5 Å². The molecule has 0 fully saturated rings. The molecule has 0 aliphatic heterocycles. The summed E-state index contributed by atoms with van der Waals surface area (Å²) in [5.41, 5.74) is 2.12. The van der Waals surface area contributed by atoms with Crippen molar-refractivity contribution in [1.82, 2.24) is 0 Å². The molecule has 0 bridgehead atoms. The van der Waals surface area contributed by atoms with Gasteiger partial charge in [0.1, 0.15) is 6.10 Å². The average Bonchev–Trinajstić information content (AvgIpc) is 2.40. The predicted molar refractivity (Wildman–Crippen MR) is 83.6 cm³/mol. The molecular weight excluding hydrogens is 303 g/mol. The maximum absolute atomic E-state index is 6.06. The highest BCUT2D eigenvalue weighted by molar-refractivity contribution is 6.42. The van der Waals surface area contributed by atoms with Crippen molar-refractivity contribution < 1.29 is 4.74 Å². The van der Waals surface area contributed by atoms with Gasteiger partial charge in [0.2, 0.25) is 0 Å². The van der Waals surface area contributed by atoms with Gasteiger partial charge in [-0.15, -0.1) is 12.4 Å². The van der Waals surface area contributed by atoms with Crippen LogP contribution in [-0.4, -0.2) is 6.61 Å². The zero-order chi connectivity index (χ0) is 13.0. The first-order valence-corrected chi connectivity index (χ1v) is 6.59. The highest BCUT2D eigenvalue weighted by Crippen LogP contribution is 2.30. The summed E-state index contributed by atoms with van der Waals surface area (Å²) in [6.45, 7) is 2.62. The highest BCUT2D eigenvalue weighted by Gasteiger charge is 2.14. The van der Waals surface area contributed by atoms with Crippen LogP contribution in [0.1, 0.15) is 24.2 Å². The number of benzene rings is 2. The lowest BCUT2D eigenvalue weighted by Gasteiger charge is -2.18. The lowest BCUT2D eigenvalue weighted by molar-refractivity contribution is 0.0913. The summed E-state index contributed by atoms with van der Waals surface area (Å²) >= 11 is 12.0. The van der Waals surface area contributed by atoms with E-state index in [0.29, 0.717) is 16.7 Å². The van der Waals surface area contributed by atoms with E-state index in [2.05, 4.69) is 0 Å². The summed E-state index contributed by atoms with van der Waals surface area (Å²) < 4.78 is 5.81. The van der Waals surface area contributed by atoms with Gasteiger partial charge in [0.25, 0.3) is 0 Å². The van der Waals surface area contributed by atoms with Crippen LogP contribution < -0.4 is 0 Å². The third-order valence-electron chi connectivity index (χ3n) is 2.68. The Morgan fingerprint density at radius 3 is 2.21 bits per heavy atom. The molecule has 2 rings (SSSR count). The monoisotopic (exact) mass is 316 g/mol. The fraction of sp³-hybridized carbons (Fsp3) is 0.200. The van der Waals surface area contributed by atoms with Crippen molar-refractivity contribution in [2.24, 2.45) is 0 Å². The summed E-state index contributed by atoms with van der Waals surface area (Å²) in [5, 5.41) is 1.11. The molecule has 0 heterocycles. The van der Waals surface area contributed by atoms with Crippen LogP contribution in [0, 0.1) is 0 Å². The maximum Gasteiger partial charge on any atom is 0.108 e. The normalized spacial score (nSPS) is 11.7. The van der Waals surface area contributed by atoms with Crippen LogP contribution in [0.2, 0.25) is 10.0 Å². The molecule has 0 aliphatic carbocycles.